The second-order valence-corrected chi connectivity index (χ2v) is 6.88. The number of carbonyl (C=O) groups excluding carboxylic acids is 2. The van der Waals surface area contributed by atoms with Crippen LogP contribution in [0, 0.1) is 31.1 Å². The monoisotopic (exact) mass is 308 g/mol. The van der Waals surface area contributed by atoms with Crippen LogP contribution in [0.15, 0.2) is 6.07 Å². The van der Waals surface area contributed by atoms with Gasteiger partial charge in [-0.25, -0.2) is 4.79 Å². The van der Waals surface area contributed by atoms with Gasteiger partial charge in [0, 0.05) is 9.75 Å². The molecular weight excluding hydrogens is 288 g/mol. The molecule has 0 spiro atoms. The fourth-order valence-electron chi connectivity index (χ4n) is 1.67. The van der Waals surface area contributed by atoms with Crippen molar-refractivity contribution in [3.8, 4) is 6.07 Å². The first-order valence-corrected chi connectivity index (χ1v) is 7.47. The summed E-state index contributed by atoms with van der Waals surface area (Å²) in [6.45, 7) is 8.67. The Morgan fingerprint density at radius 1 is 1.48 bits per heavy atom. The van der Waals surface area contributed by atoms with Crippen LogP contribution >= 0.6 is 11.3 Å². The fraction of sp³-hybridized carbons (Fsp3) is 0.533. The molecule has 0 aromatic carbocycles. The molecule has 0 bridgehead atoms. The van der Waals surface area contributed by atoms with Gasteiger partial charge in [-0.2, -0.15) is 5.26 Å². The van der Waals surface area contributed by atoms with E-state index in [2.05, 4.69) is 11.4 Å². The lowest BCUT2D eigenvalue weighted by molar-refractivity contribution is -0.125. The molecule has 0 unspecified atom stereocenters. The summed E-state index contributed by atoms with van der Waals surface area (Å²) in [5, 5.41) is 11.7. The molecule has 0 aliphatic heterocycles. The van der Waals surface area contributed by atoms with Crippen LogP contribution in [-0.2, 0) is 9.53 Å². The highest BCUT2D eigenvalue weighted by Crippen LogP contribution is 2.21. The van der Waals surface area contributed by atoms with E-state index in [1.54, 1.807) is 13.0 Å². The van der Waals surface area contributed by atoms with E-state index < -0.39 is 24.0 Å². The van der Waals surface area contributed by atoms with Crippen LogP contribution in [0.25, 0.3) is 0 Å². The summed E-state index contributed by atoms with van der Waals surface area (Å²) in [4.78, 5) is 25.6. The van der Waals surface area contributed by atoms with E-state index in [0.717, 1.165) is 9.75 Å². The van der Waals surface area contributed by atoms with Gasteiger partial charge in [0.25, 0.3) is 5.91 Å². The second kappa shape index (κ2) is 6.72. The number of hydrogen-bond donors (Lipinski definition) is 1. The van der Waals surface area contributed by atoms with Crippen LogP contribution in [0.3, 0.4) is 0 Å². The molecule has 1 amide bonds. The Labute approximate surface area is 128 Å². The van der Waals surface area contributed by atoms with E-state index in [4.69, 9.17) is 10.00 Å². The van der Waals surface area contributed by atoms with Crippen molar-refractivity contribution in [2.75, 3.05) is 6.61 Å². The summed E-state index contributed by atoms with van der Waals surface area (Å²) in [7, 11) is 0. The highest BCUT2D eigenvalue weighted by Gasteiger charge is 2.30. The van der Waals surface area contributed by atoms with Gasteiger partial charge < -0.3 is 10.1 Å². The summed E-state index contributed by atoms with van der Waals surface area (Å²) in [5.74, 6) is -1.05. The summed E-state index contributed by atoms with van der Waals surface area (Å²) >= 11 is 1.50. The molecule has 1 heterocycles. The van der Waals surface area contributed by atoms with Gasteiger partial charge in [-0.05, 0) is 32.8 Å². The molecule has 5 nitrogen and oxygen atoms in total. The van der Waals surface area contributed by atoms with Crippen LogP contribution < -0.4 is 5.32 Å². The summed E-state index contributed by atoms with van der Waals surface area (Å²) < 4.78 is 5.00. The summed E-state index contributed by atoms with van der Waals surface area (Å²) in [6.07, 6.45) is 0. The number of nitrogens with one attached hydrogen (secondary N) is 1. The number of rotatable bonds is 5. The fourth-order valence-corrected chi connectivity index (χ4v) is 2.58. The van der Waals surface area contributed by atoms with Gasteiger partial charge in [-0.3, -0.25) is 4.79 Å². The minimum Gasteiger partial charge on any atom is -0.452 e. The predicted molar refractivity (Wildman–Crippen MR) is 81.1 cm³/mol. The van der Waals surface area contributed by atoms with Crippen molar-refractivity contribution in [2.24, 2.45) is 5.92 Å². The van der Waals surface area contributed by atoms with Crippen molar-refractivity contribution in [2.45, 2.75) is 40.2 Å². The Bertz CT molecular complexity index is 586. The maximum Gasteiger partial charge on any atom is 0.339 e. The van der Waals surface area contributed by atoms with Gasteiger partial charge >= 0.3 is 5.97 Å². The highest BCUT2D eigenvalue weighted by molar-refractivity contribution is 7.12. The zero-order chi connectivity index (χ0) is 16.2. The van der Waals surface area contributed by atoms with Crippen molar-refractivity contribution >= 4 is 23.2 Å². The molecule has 0 fully saturated rings. The predicted octanol–water partition coefficient (Wildman–Crippen LogP) is 2.58. The van der Waals surface area contributed by atoms with Crippen LogP contribution in [0.4, 0.5) is 0 Å². The molecule has 0 saturated carbocycles. The van der Waals surface area contributed by atoms with E-state index in [0.29, 0.717) is 5.56 Å². The third-order valence-electron chi connectivity index (χ3n) is 3.38. The lowest BCUT2D eigenvalue weighted by Gasteiger charge is -2.27. The van der Waals surface area contributed by atoms with Crippen molar-refractivity contribution in [1.82, 2.24) is 5.32 Å². The molecule has 0 aliphatic rings. The van der Waals surface area contributed by atoms with Crippen LogP contribution in [0.1, 0.15) is 40.9 Å². The van der Waals surface area contributed by atoms with Crippen LogP contribution in [0.5, 0.6) is 0 Å². The number of carbonyl (C=O) groups is 2. The number of hydrogen-bond acceptors (Lipinski definition) is 5. The lowest BCUT2D eigenvalue weighted by Crippen LogP contribution is -2.50. The molecule has 1 rings (SSSR count). The molecule has 0 saturated heterocycles. The smallest absolute Gasteiger partial charge is 0.339 e. The standard InChI is InChI=1S/C15H20N2O3S/c1-9(2)15(5,8-16)17-13(18)7-20-14(19)12-6-10(3)21-11(12)4/h6,9H,7H2,1-5H3,(H,17,18)/t15-/m0/s1. The average molecular weight is 308 g/mol. The van der Waals surface area contributed by atoms with Gasteiger partial charge in [0.05, 0.1) is 11.6 Å². The number of nitriles is 1. The van der Waals surface area contributed by atoms with Crippen molar-refractivity contribution in [3.05, 3.63) is 21.4 Å². The number of amides is 1. The number of thiophene rings is 1. The van der Waals surface area contributed by atoms with Crippen LogP contribution in [-0.4, -0.2) is 24.0 Å². The van der Waals surface area contributed by atoms with E-state index in [9.17, 15) is 9.59 Å². The third-order valence-corrected chi connectivity index (χ3v) is 4.35. The first-order valence-electron chi connectivity index (χ1n) is 6.66. The zero-order valence-electron chi connectivity index (χ0n) is 12.9. The Balaban J connectivity index is 2.60. The second-order valence-electron chi connectivity index (χ2n) is 5.42. The minimum atomic E-state index is -0.974. The SMILES string of the molecule is Cc1cc(C(=O)OCC(=O)N[C@@](C)(C#N)C(C)C)c(C)s1. The van der Waals surface area contributed by atoms with Gasteiger partial charge in [-0.15, -0.1) is 11.3 Å². The highest BCUT2D eigenvalue weighted by atomic mass is 32.1. The Morgan fingerprint density at radius 2 is 2.10 bits per heavy atom. The van der Waals surface area contributed by atoms with Gasteiger partial charge in [0.1, 0.15) is 5.54 Å². The third kappa shape index (κ3) is 4.30. The van der Waals surface area contributed by atoms with Gasteiger partial charge in [0.15, 0.2) is 6.61 Å². The molecule has 1 aromatic heterocycles. The molecule has 6 heteroatoms. The maximum absolute atomic E-state index is 11.9. The molecular formula is C15H20N2O3S. The Morgan fingerprint density at radius 3 is 2.52 bits per heavy atom. The van der Waals surface area contributed by atoms with E-state index >= 15 is 0 Å². The molecule has 0 radical (unpaired) electrons. The van der Waals surface area contributed by atoms with E-state index in [1.807, 2.05) is 27.7 Å². The molecule has 1 aromatic rings. The van der Waals surface area contributed by atoms with E-state index in [1.165, 1.54) is 11.3 Å². The Hall–Kier alpha value is -1.87. The molecule has 114 valence electrons. The number of ether oxygens (including phenoxy) is 1. The quantitative estimate of drug-likeness (QED) is 0.848. The van der Waals surface area contributed by atoms with Crippen LogP contribution in [0.2, 0.25) is 0 Å². The number of aryl methyl sites for hydroxylation is 2. The molecule has 0 aliphatic carbocycles. The normalized spacial score (nSPS) is 13.4. The van der Waals surface area contributed by atoms with Gasteiger partial charge in [-0.1, -0.05) is 13.8 Å². The maximum atomic E-state index is 11.9. The first-order chi connectivity index (χ1) is 9.69. The van der Waals surface area contributed by atoms with Crippen molar-refractivity contribution in [3.63, 3.8) is 0 Å². The van der Waals surface area contributed by atoms with Crippen molar-refractivity contribution in [1.29, 1.82) is 5.26 Å². The zero-order valence-corrected chi connectivity index (χ0v) is 13.8. The lowest BCUT2D eigenvalue weighted by atomic mass is 9.90. The molecule has 1 N–H and O–H groups in total. The number of esters is 1. The molecule has 21 heavy (non-hydrogen) atoms. The minimum absolute atomic E-state index is 0.0519. The molecule has 1 atom stereocenters. The van der Waals surface area contributed by atoms with E-state index in [-0.39, 0.29) is 5.92 Å². The van der Waals surface area contributed by atoms with Crippen molar-refractivity contribution < 1.29 is 14.3 Å². The Kier molecular flexibility index (Phi) is 5.50. The largest absolute Gasteiger partial charge is 0.452 e. The first kappa shape index (κ1) is 17.2. The number of nitrogens with zero attached hydrogens (tertiary/aromatic N) is 1. The summed E-state index contributed by atoms with van der Waals surface area (Å²) in [5.41, 5.74) is -0.490. The summed E-state index contributed by atoms with van der Waals surface area (Å²) in [6, 6.07) is 3.81. The van der Waals surface area contributed by atoms with Gasteiger partial charge in [0.2, 0.25) is 0 Å². The topological polar surface area (TPSA) is 79.2 Å². The average Bonchev–Trinajstić information content (AvgIpc) is 2.74.